The van der Waals surface area contributed by atoms with Crippen molar-refractivity contribution in [2.45, 2.75) is 44.1 Å². The number of pyridine rings is 1. The second-order valence-corrected chi connectivity index (χ2v) is 6.71. The van der Waals surface area contributed by atoms with Crippen molar-refractivity contribution in [2.75, 3.05) is 13.1 Å². The van der Waals surface area contributed by atoms with Crippen LogP contribution in [-0.4, -0.2) is 33.1 Å². The van der Waals surface area contributed by atoms with E-state index in [4.69, 9.17) is 16.1 Å². The Labute approximate surface area is 134 Å². The van der Waals surface area contributed by atoms with Crippen LogP contribution in [0.1, 0.15) is 54.8 Å². The Balaban J connectivity index is 1.43. The highest BCUT2D eigenvalue weighted by Gasteiger charge is 2.32. The molecule has 3 heterocycles. The lowest BCUT2D eigenvalue weighted by atomic mass is 9.97. The van der Waals surface area contributed by atoms with E-state index >= 15 is 0 Å². The van der Waals surface area contributed by atoms with Crippen molar-refractivity contribution in [3.8, 4) is 0 Å². The highest BCUT2D eigenvalue weighted by Crippen LogP contribution is 2.39. The number of nitrogens with zero attached hydrogens (tertiary/aromatic N) is 4. The Morgan fingerprint density at radius 1 is 1.27 bits per heavy atom. The highest BCUT2D eigenvalue weighted by molar-refractivity contribution is 6.31. The van der Waals surface area contributed by atoms with Gasteiger partial charge in [-0.2, -0.15) is 4.98 Å². The van der Waals surface area contributed by atoms with E-state index in [0.717, 1.165) is 54.8 Å². The molecular weight excluding hydrogens is 300 g/mol. The smallest absolute Gasteiger partial charge is 0.229 e. The van der Waals surface area contributed by atoms with Crippen LogP contribution in [0.3, 0.4) is 0 Å². The lowest BCUT2D eigenvalue weighted by molar-refractivity contribution is 0.194. The first-order chi connectivity index (χ1) is 10.8. The summed E-state index contributed by atoms with van der Waals surface area (Å²) in [5.41, 5.74) is 1.13. The summed E-state index contributed by atoms with van der Waals surface area (Å²) in [6.45, 7) is 2.90. The predicted octanol–water partition coefficient (Wildman–Crippen LogP) is 3.38. The molecule has 0 aromatic carbocycles. The van der Waals surface area contributed by atoms with Gasteiger partial charge >= 0.3 is 0 Å². The van der Waals surface area contributed by atoms with E-state index in [1.807, 2.05) is 6.07 Å². The second-order valence-electron chi connectivity index (χ2n) is 6.31. The first-order valence-electron chi connectivity index (χ1n) is 7.94. The van der Waals surface area contributed by atoms with Crippen molar-refractivity contribution in [3.05, 3.63) is 40.8 Å². The van der Waals surface area contributed by atoms with Gasteiger partial charge in [0.25, 0.3) is 0 Å². The summed E-state index contributed by atoms with van der Waals surface area (Å²) in [5, 5.41) is 4.95. The molecule has 5 nitrogen and oxygen atoms in total. The van der Waals surface area contributed by atoms with Crippen molar-refractivity contribution in [2.24, 2.45) is 0 Å². The summed E-state index contributed by atoms with van der Waals surface area (Å²) in [6, 6.07) is 1.99. The van der Waals surface area contributed by atoms with Crippen LogP contribution in [0.25, 0.3) is 0 Å². The average Bonchev–Trinajstić information content (AvgIpc) is 3.27. The number of halogens is 1. The summed E-state index contributed by atoms with van der Waals surface area (Å²) in [4.78, 5) is 11.1. The molecule has 22 heavy (non-hydrogen) atoms. The molecule has 1 atom stereocenters. The summed E-state index contributed by atoms with van der Waals surface area (Å²) >= 11 is 6.21. The van der Waals surface area contributed by atoms with E-state index in [-0.39, 0.29) is 0 Å². The van der Waals surface area contributed by atoms with Crippen LogP contribution in [0.15, 0.2) is 23.0 Å². The maximum atomic E-state index is 6.21. The number of piperidine rings is 1. The molecule has 0 amide bonds. The third kappa shape index (κ3) is 3.01. The van der Waals surface area contributed by atoms with E-state index < -0.39 is 0 Å². The van der Waals surface area contributed by atoms with Crippen molar-refractivity contribution in [3.63, 3.8) is 0 Å². The molecule has 2 fully saturated rings. The minimum absolute atomic E-state index is 0.366. The minimum atomic E-state index is 0.366. The molecule has 1 saturated carbocycles. The zero-order chi connectivity index (χ0) is 14.9. The summed E-state index contributed by atoms with van der Waals surface area (Å²) in [6.07, 6.45) is 8.17. The predicted molar refractivity (Wildman–Crippen MR) is 82.8 cm³/mol. The van der Waals surface area contributed by atoms with Gasteiger partial charge in [-0.15, -0.1) is 0 Å². The van der Waals surface area contributed by atoms with Gasteiger partial charge in [0.05, 0.1) is 5.02 Å². The average molecular weight is 319 g/mol. The van der Waals surface area contributed by atoms with Crippen LogP contribution < -0.4 is 0 Å². The van der Waals surface area contributed by atoms with Crippen LogP contribution >= 0.6 is 11.6 Å². The monoisotopic (exact) mass is 318 g/mol. The molecule has 2 aromatic rings. The molecule has 4 rings (SSSR count). The minimum Gasteiger partial charge on any atom is -0.339 e. The molecule has 0 unspecified atom stereocenters. The fourth-order valence-electron chi connectivity index (χ4n) is 3.09. The number of aromatic nitrogens is 3. The Bertz CT molecular complexity index is 655. The molecule has 0 radical (unpaired) electrons. The molecule has 0 bridgehead atoms. The van der Waals surface area contributed by atoms with E-state index in [1.54, 1.807) is 12.4 Å². The van der Waals surface area contributed by atoms with E-state index in [1.165, 1.54) is 12.8 Å². The Kier molecular flexibility index (Phi) is 3.84. The zero-order valence-corrected chi connectivity index (χ0v) is 13.2. The standard InChI is InChI=1S/C16H19ClN4O/c17-14-8-18-6-5-12(14)9-21-7-1-2-13(10-21)15-19-16(22-20-15)11-3-4-11/h5-6,8,11,13H,1-4,7,9-10H2/t13-/m1/s1. The van der Waals surface area contributed by atoms with Gasteiger partial charge in [0.2, 0.25) is 5.89 Å². The summed E-state index contributed by atoms with van der Waals surface area (Å²) in [5.74, 6) is 2.61. The van der Waals surface area contributed by atoms with E-state index in [2.05, 4.69) is 20.0 Å². The Hall–Kier alpha value is -1.46. The second kappa shape index (κ2) is 5.97. The number of rotatable bonds is 4. The lowest BCUT2D eigenvalue weighted by Crippen LogP contribution is -2.34. The molecule has 0 spiro atoms. The summed E-state index contributed by atoms with van der Waals surface area (Å²) < 4.78 is 5.41. The first kappa shape index (κ1) is 14.2. The molecule has 2 aliphatic rings. The fourth-order valence-corrected chi connectivity index (χ4v) is 3.27. The van der Waals surface area contributed by atoms with Crippen molar-refractivity contribution >= 4 is 11.6 Å². The Morgan fingerprint density at radius 2 is 2.18 bits per heavy atom. The topological polar surface area (TPSA) is 55.1 Å². The maximum absolute atomic E-state index is 6.21. The zero-order valence-electron chi connectivity index (χ0n) is 12.4. The van der Waals surface area contributed by atoms with Crippen LogP contribution in [0.5, 0.6) is 0 Å². The number of likely N-dealkylation sites (tertiary alicyclic amines) is 1. The van der Waals surface area contributed by atoms with Gasteiger partial charge in [0.15, 0.2) is 5.82 Å². The van der Waals surface area contributed by atoms with Gasteiger partial charge < -0.3 is 4.52 Å². The fraction of sp³-hybridized carbons (Fsp3) is 0.562. The summed E-state index contributed by atoms with van der Waals surface area (Å²) in [7, 11) is 0. The van der Waals surface area contributed by atoms with Gasteiger partial charge in [0, 0.05) is 37.3 Å². The van der Waals surface area contributed by atoms with Crippen molar-refractivity contribution < 1.29 is 4.52 Å². The largest absolute Gasteiger partial charge is 0.339 e. The molecular formula is C16H19ClN4O. The molecule has 2 aromatic heterocycles. The van der Waals surface area contributed by atoms with E-state index in [9.17, 15) is 0 Å². The molecule has 116 valence electrons. The van der Waals surface area contributed by atoms with Crippen LogP contribution in [0.4, 0.5) is 0 Å². The third-order valence-corrected chi connectivity index (χ3v) is 4.85. The Morgan fingerprint density at radius 3 is 3.00 bits per heavy atom. The SMILES string of the molecule is Clc1cnccc1CN1CCC[C@@H](c2noc(C3CC3)n2)C1. The van der Waals surface area contributed by atoms with Gasteiger partial charge in [-0.05, 0) is 43.9 Å². The van der Waals surface area contributed by atoms with Gasteiger partial charge in [0.1, 0.15) is 0 Å². The quantitative estimate of drug-likeness (QED) is 0.865. The number of hydrogen-bond donors (Lipinski definition) is 0. The molecule has 0 N–H and O–H groups in total. The molecule has 1 aliphatic heterocycles. The van der Waals surface area contributed by atoms with E-state index in [0.29, 0.717) is 11.8 Å². The normalized spacial score (nSPS) is 22.9. The first-order valence-corrected chi connectivity index (χ1v) is 8.31. The van der Waals surface area contributed by atoms with Crippen LogP contribution in [0.2, 0.25) is 5.02 Å². The third-order valence-electron chi connectivity index (χ3n) is 4.51. The van der Waals surface area contributed by atoms with Gasteiger partial charge in [-0.3, -0.25) is 9.88 Å². The van der Waals surface area contributed by atoms with Gasteiger partial charge in [-0.1, -0.05) is 16.8 Å². The highest BCUT2D eigenvalue weighted by atomic mass is 35.5. The van der Waals surface area contributed by atoms with Crippen LogP contribution in [0, 0.1) is 0 Å². The maximum Gasteiger partial charge on any atom is 0.229 e. The molecule has 1 saturated heterocycles. The van der Waals surface area contributed by atoms with Crippen molar-refractivity contribution in [1.82, 2.24) is 20.0 Å². The van der Waals surface area contributed by atoms with Gasteiger partial charge in [-0.25, -0.2) is 0 Å². The lowest BCUT2D eigenvalue weighted by Gasteiger charge is -2.31. The molecule has 6 heteroatoms. The van der Waals surface area contributed by atoms with Crippen LogP contribution in [-0.2, 0) is 6.54 Å². The number of hydrogen-bond acceptors (Lipinski definition) is 5. The molecule has 1 aliphatic carbocycles. The van der Waals surface area contributed by atoms with Crippen molar-refractivity contribution in [1.29, 1.82) is 0 Å².